The number of amides is 1. The van der Waals surface area contributed by atoms with Crippen LogP contribution < -0.4 is 5.32 Å². The average molecular weight is 236 g/mol. The molecule has 0 spiro atoms. The Hall–Kier alpha value is -1.36. The second-order valence-electron chi connectivity index (χ2n) is 4.91. The van der Waals surface area contributed by atoms with Crippen molar-refractivity contribution in [2.45, 2.75) is 32.9 Å². The number of piperazine rings is 1. The maximum atomic E-state index is 12.4. The van der Waals surface area contributed by atoms with Crippen LogP contribution in [0.4, 0.5) is 0 Å². The maximum Gasteiger partial charge on any atom is 0.272 e. The van der Waals surface area contributed by atoms with E-state index in [0.29, 0.717) is 11.7 Å². The van der Waals surface area contributed by atoms with Crippen LogP contribution in [0.1, 0.15) is 30.0 Å². The molecule has 1 aromatic heterocycles. The van der Waals surface area contributed by atoms with Crippen molar-refractivity contribution in [3.05, 3.63) is 17.5 Å². The van der Waals surface area contributed by atoms with Gasteiger partial charge in [0.25, 0.3) is 5.91 Å². The predicted octanol–water partition coefficient (Wildman–Crippen LogP) is 0.551. The van der Waals surface area contributed by atoms with E-state index in [1.165, 1.54) is 0 Å². The lowest BCUT2D eigenvalue weighted by molar-refractivity contribution is 0.0605. The van der Waals surface area contributed by atoms with Crippen molar-refractivity contribution in [2.75, 3.05) is 13.1 Å². The molecule has 5 nitrogen and oxygen atoms in total. The molecule has 17 heavy (non-hydrogen) atoms. The topological polar surface area (TPSA) is 50.2 Å². The van der Waals surface area contributed by atoms with Gasteiger partial charge in [0, 0.05) is 32.2 Å². The number of nitrogens with zero attached hydrogens (tertiary/aromatic N) is 3. The number of nitrogens with one attached hydrogen (secondary N) is 1. The van der Waals surface area contributed by atoms with Gasteiger partial charge in [-0.2, -0.15) is 5.10 Å². The lowest BCUT2D eigenvalue weighted by Crippen LogP contribution is -2.56. The van der Waals surface area contributed by atoms with E-state index in [-0.39, 0.29) is 11.9 Å². The summed E-state index contributed by atoms with van der Waals surface area (Å²) in [5.41, 5.74) is 1.55. The van der Waals surface area contributed by atoms with Crippen LogP contribution in [0.25, 0.3) is 0 Å². The monoisotopic (exact) mass is 236 g/mol. The molecule has 1 fully saturated rings. The summed E-state index contributed by atoms with van der Waals surface area (Å²) in [6.07, 6.45) is 0. The van der Waals surface area contributed by atoms with Gasteiger partial charge in [-0.15, -0.1) is 0 Å². The molecule has 1 amide bonds. The van der Waals surface area contributed by atoms with Gasteiger partial charge in [-0.05, 0) is 26.8 Å². The summed E-state index contributed by atoms with van der Waals surface area (Å²) < 4.78 is 1.66. The lowest BCUT2D eigenvalue weighted by atomic mass is 10.1. The Morgan fingerprint density at radius 3 is 2.82 bits per heavy atom. The van der Waals surface area contributed by atoms with Gasteiger partial charge in [0.2, 0.25) is 0 Å². The molecule has 2 atom stereocenters. The molecule has 94 valence electrons. The molecule has 0 aliphatic carbocycles. The molecule has 1 aliphatic heterocycles. The molecule has 2 unspecified atom stereocenters. The van der Waals surface area contributed by atoms with Crippen molar-refractivity contribution < 1.29 is 4.79 Å². The van der Waals surface area contributed by atoms with E-state index >= 15 is 0 Å². The minimum absolute atomic E-state index is 0.0777. The van der Waals surface area contributed by atoms with Gasteiger partial charge in [0.1, 0.15) is 5.69 Å². The Balaban J connectivity index is 2.21. The number of rotatable bonds is 1. The number of aryl methyl sites for hydroxylation is 2. The summed E-state index contributed by atoms with van der Waals surface area (Å²) in [6, 6.07) is 2.43. The average Bonchev–Trinajstić information content (AvgIpc) is 2.60. The largest absolute Gasteiger partial charge is 0.332 e. The first-order chi connectivity index (χ1) is 7.99. The minimum Gasteiger partial charge on any atom is -0.332 e. The van der Waals surface area contributed by atoms with Crippen LogP contribution in [0.5, 0.6) is 0 Å². The molecule has 1 aliphatic rings. The molecular weight excluding hydrogens is 216 g/mol. The van der Waals surface area contributed by atoms with Crippen molar-refractivity contribution in [1.82, 2.24) is 20.0 Å². The summed E-state index contributed by atoms with van der Waals surface area (Å²) in [5, 5.41) is 7.60. The molecule has 2 rings (SSSR count). The first-order valence-corrected chi connectivity index (χ1v) is 6.04. The third-order valence-electron chi connectivity index (χ3n) is 3.25. The van der Waals surface area contributed by atoms with Crippen LogP contribution >= 0.6 is 0 Å². The molecule has 0 aromatic carbocycles. The molecule has 1 aromatic rings. The lowest BCUT2D eigenvalue weighted by Gasteiger charge is -2.37. The van der Waals surface area contributed by atoms with Gasteiger partial charge < -0.3 is 10.2 Å². The van der Waals surface area contributed by atoms with E-state index in [0.717, 1.165) is 18.8 Å². The Bertz CT molecular complexity index is 426. The van der Waals surface area contributed by atoms with Crippen molar-refractivity contribution in [3.8, 4) is 0 Å². The fourth-order valence-electron chi connectivity index (χ4n) is 2.26. The maximum absolute atomic E-state index is 12.4. The highest BCUT2D eigenvalue weighted by Crippen LogP contribution is 2.13. The van der Waals surface area contributed by atoms with Gasteiger partial charge in [0.15, 0.2) is 0 Å². The predicted molar refractivity (Wildman–Crippen MR) is 65.9 cm³/mol. The minimum atomic E-state index is 0.0777. The normalized spacial score (nSPS) is 25.1. The van der Waals surface area contributed by atoms with Crippen molar-refractivity contribution >= 4 is 5.91 Å². The third-order valence-corrected chi connectivity index (χ3v) is 3.25. The summed E-state index contributed by atoms with van der Waals surface area (Å²) >= 11 is 0. The Morgan fingerprint density at radius 2 is 2.24 bits per heavy atom. The van der Waals surface area contributed by atoms with Gasteiger partial charge >= 0.3 is 0 Å². The molecule has 0 saturated carbocycles. The van der Waals surface area contributed by atoms with Crippen molar-refractivity contribution in [2.24, 2.45) is 7.05 Å². The summed E-state index contributed by atoms with van der Waals surface area (Å²) in [5.74, 6) is 0.0777. The standard InChI is InChI=1S/C12H20N4O/c1-8-5-11(15(4)14-8)12(17)16-7-9(2)13-6-10(16)3/h5,9-10,13H,6-7H2,1-4H3. The fourth-order valence-corrected chi connectivity index (χ4v) is 2.26. The van der Waals surface area contributed by atoms with Crippen LogP contribution in [0.15, 0.2) is 6.07 Å². The Morgan fingerprint density at radius 1 is 1.53 bits per heavy atom. The highest BCUT2D eigenvalue weighted by atomic mass is 16.2. The van der Waals surface area contributed by atoms with Gasteiger partial charge in [-0.25, -0.2) is 0 Å². The summed E-state index contributed by atoms with van der Waals surface area (Å²) in [7, 11) is 1.82. The van der Waals surface area contributed by atoms with E-state index in [2.05, 4.69) is 24.3 Å². The SMILES string of the molecule is Cc1cc(C(=O)N2CC(C)NCC2C)n(C)n1. The number of carbonyl (C=O) groups excluding carboxylic acids is 1. The van der Waals surface area contributed by atoms with E-state index in [1.807, 2.05) is 24.9 Å². The highest BCUT2D eigenvalue weighted by molar-refractivity contribution is 5.93. The Kier molecular flexibility index (Phi) is 3.19. The molecule has 2 heterocycles. The van der Waals surface area contributed by atoms with Crippen LogP contribution in [0.2, 0.25) is 0 Å². The van der Waals surface area contributed by atoms with Gasteiger partial charge in [0.05, 0.1) is 5.69 Å². The van der Waals surface area contributed by atoms with Crippen LogP contribution in [-0.2, 0) is 7.05 Å². The van der Waals surface area contributed by atoms with Crippen molar-refractivity contribution in [3.63, 3.8) is 0 Å². The highest BCUT2D eigenvalue weighted by Gasteiger charge is 2.28. The third kappa shape index (κ3) is 2.34. The second-order valence-corrected chi connectivity index (χ2v) is 4.91. The number of carbonyl (C=O) groups is 1. The molecule has 1 N–H and O–H groups in total. The number of aromatic nitrogens is 2. The molecule has 1 saturated heterocycles. The van der Waals surface area contributed by atoms with E-state index in [1.54, 1.807) is 4.68 Å². The molecular formula is C12H20N4O. The number of hydrogen-bond acceptors (Lipinski definition) is 3. The summed E-state index contributed by atoms with van der Waals surface area (Å²) in [6.45, 7) is 7.68. The zero-order chi connectivity index (χ0) is 12.6. The fraction of sp³-hybridized carbons (Fsp3) is 0.667. The smallest absolute Gasteiger partial charge is 0.272 e. The van der Waals surface area contributed by atoms with E-state index < -0.39 is 0 Å². The van der Waals surface area contributed by atoms with Crippen LogP contribution in [0.3, 0.4) is 0 Å². The first kappa shape index (κ1) is 12.1. The quantitative estimate of drug-likeness (QED) is 0.774. The second kappa shape index (κ2) is 4.49. The molecule has 0 radical (unpaired) electrons. The van der Waals surface area contributed by atoms with Crippen molar-refractivity contribution in [1.29, 1.82) is 0 Å². The van der Waals surface area contributed by atoms with Gasteiger partial charge in [-0.1, -0.05) is 0 Å². The zero-order valence-electron chi connectivity index (χ0n) is 10.9. The first-order valence-electron chi connectivity index (χ1n) is 6.04. The Labute approximate surface area is 102 Å². The van der Waals surface area contributed by atoms with Crippen LogP contribution in [0, 0.1) is 6.92 Å². The summed E-state index contributed by atoms with van der Waals surface area (Å²) in [4.78, 5) is 14.4. The van der Waals surface area contributed by atoms with E-state index in [4.69, 9.17) is 0 Å². The van der Waals surface area contributed by atoms with Gasteiger partial charge in [-0.3, -0.25) is 9.48 Å². The molecule has 0 bridgehead atoms. The molecule has 5 heteroatoms. The zero-order valence-corrected chi connectivity index (χ0v) is 10.9. The number of hydrogen-bond donors (Lipinski definition) is 1. The van der Waals surface area contributed by atoms with E-state index in [9.17, 15) is 4.79 Å². The van der Waals surface area contributed by atoms with Crippen LogP contribution in [-0.4, -0.2) is 45.8 Å².